The van der Waals surface area contributed by atoms with Crippen molar-refractivity contribution >= 4 is 16.8 Å². The summed E-state index contributed by atoms with van der Waals surface area (Å²) in [5.41, 5.74) is 5.32. The van der Waals surface area contributed by atoms with Crippen LogP contribution in [0.5, 0.6) is 0 Å². The molecule has 3 nitrogen and oxygen atoms in total. The van der Waals surface area contributed by atoms with Gasteiger partial charge in [0.25, 0.3) is 0 Å². The molecule has 0 aliphatic carbocycles. The smallest absolute Gasteiger partial charge is 0.232 e. The number of nitrogens with two attached hydrogens (primary N) is 1. The first-order valence-electron chi connectivity index (χ1n) is 3.18. The van der Waals surface area contributed by atoms with Crippen LogP contribution in [0.15, 0.2) is 16.7 Å². The summed E-state index contributed by atoms with van der Waals surface area (Å²) in [6.45, 7) is 0. The van der Waals surface area contributed by atoms with Gasteiger partial charge in [0.15, 0.2) is 0 Å². The van der Waals surface area contributed by atoms with E-state index in [0.717, 1.165) is 12.1 Å². The largest absolute Gasteiger partial charge is 0.367 e. The zero-order valence-corrected chi connectivity index (χ0v) is 5.84. The molecule has 0 saturated heterocycles. The topological polar surface area (TPSA) is 52.0 Å². The lowest BCUT2D eigenvalue weighted by molar-refractivity contribution is 0.444. The van der Waals surface area contributed by atoms with Gasteiger partial charge >= 0.3 is 0 Å². The van der Waals surface area contributed by atoms with Crippen molar-refractivity contribution in [3.63, 3.8) is 0 Å². The molecule has 0 unspecified atom stereocenters. The summed E-state index contributed by atoms with van der Waals surface area (Å²) in [5, 5.41) is 3.38. The third-order valence-electron chi connectivity index (χ3n) is 1.52. The first kappa shape index (κ1) is 7.02. The molecule has 0 amide bonds. The maximum Gasteiger partial charge on any atom is 0.232 e. The van der Waals surface area contributed by atoms with Gasteiger partial charge in [-0.15, -0.1) is 0 Å². The first-order valence-corrected chi connectivity index (χ1v) is 3.18. The Kier molecular flexibility index (Phi) is 1.27. The number of rotatable bonds is 0. The fourth-order valence-corrected chi connectivity index (χ4v) is 1.02. The van der Waals surface area contributed by atoms with Crippen LogP contribution < -0.4 is 5.73 Å². The highest BCUT2D eigenvalue weighted by atomic mass is 19.1. The Bertz CT molecular complexity index is 438. The van der Waals surface area contributed by atoms with Gasteiger partial charge in [0.1, 0.15) is 22.5 Å². The van der Waals surface area contributed by atoms with E-state index in [2.05, 4.69) is 9.68 Å². The Hall–Kier alpha value is -1.65. The van der Waals surface area contributed by atoms with E-state index in [1.54, 1.807) is 0 Å². The van der Waals surface area contributed by atoms with Crippen LogP contribution in [-0.2, 0) is 0 Å². The van der Waals surface area contributed by atoms with Gasteiger partial charge in [0.2, 0.25) is 5.88 Å². The lowest BCUT2D eigenvalue weighted by Gasteiger charge is -1.90. The molecule has 1 aromatic carbocycles. The van der Waals surface area contributed by atoms with Crippen molar-refractivity contribution < 1.29 is 13.3 Å². The number of anilines is 1. The van der Waals surface area contributed by atoms with E-state index in [4.69, 9.17) is 5.73 Å². The molecule has 0 atom stereocenters. The SMILES string of the molecule is Nc1onc2cc(F)cc(F)c12. The fraction of sp³-hybridized carbons (Fsp3) is 0. The molecule has 1 aromatic heterocycles. The molecule has 0 spiro atoms. The molecule has 2 aromatic rings. The van der Waals surface area contributed by atoms with Crippen LogP contribution >= 0.6 is 0 Å². The first-order chi connectivity index (χ1) is 5.68. The van der Waals surface area contributed by atoms with E-state index in [9.17, 15) is 8.78 Å². The molecule has 0 saturated carbocycles. The molecule has 2 N–H and O–H groups in total. The Morgan fingerprint density at radius 1 is 1.33 bits per heavy atom. The minimum absolute atomic E-state index is 0.0244. The number of aromatic nitrogens is 1. The normalized spacial score (nSPS) is 10.8. The third-order valence-corrected chi connectivity index (χ3v) is 1.52. The Morgan fingerprint density at radius 2 is 2.08 bits per heavy atom. The van der Waals surface area contributed by atoms with Gasteiger partial charge in [0.05, 0.1) is 0 Å². The highest BCUT2D eigenvalue weighted by Gasteiger charge is 2.11. The van der Waals surface area contributed by atoms with Crippen LogP contribution in [0.1, 0.15) is 0 Å². The Morgan fingerprint density at radius 3 is 2.83 bits per heavy atom. The molecule has 0 fully saturated rings. The van der Waals surface area contributed by atoms with E-state index in [-0.39, 0.29) is 16.8 Å². The molecule has 0 aliphatic heterocycles. The van der Waals surface area contributed by atoms with E-state index in [1.165, 1.54) is 0 Å². The second kappa shape index (κ2) is 2.17. The van der Waals surface area contributed by atoms with E-state index in [0.29, 0.717) is 0 Å². The van der Waals surface area contributed by atoms with Crippen LogP contribution in [-0.4, -0.2) is 5.16 Å². The monoisotopic (exact) mass is 170 g/mol. The van der Waals surface area contributed by atoms with Gasteiger partial charge in [-0.2, -0.15) is 0 Å². The van der Waals surface area contributed by atoms with Crippen LogP contribution in [0.3, 0.4) is 0 Å². The minimum Gasteiger partial charge on any atom is -0.367 e. The standard InChI is InChI=1S/C7H4F2N2O/c8-3-1-4(9)6-5(2-3)11-12-7(6)10/h1-2H,10H2. The lowest BCUT2D eigenvalue weighted by Crippen LogP contribution is -1.85. The summed E-state index contributed by atoms with van der Waals surface area (Å²) in [5.74, 6) is -1.60. The van der Waals surface area contributed by atoms with Crippen molar-refractivity contribution in [1.82, 2.24) is 5.16 Å². The summed E-state index contributed by atoms with van der Waals surface area (Å²) >= 11 is 0. The molecule has 0 radical (unpaired) electrons. The van der Waals surface area contributed by atoms with Crippen LogP contribution in [0, 0.1) is 11.6 Å². The van der Waals surface area contributed by atoms with Gasteiger partial charge < -0.3 is 10.3 Å². The molecule has 2 rings (SSSR count). The van der Waals surface area contributed by atoms with Crippen LogP contribution in [0.2, 0.25) is 0 Å². The second-order valence-corrected chi connectivity index (χ2v) is 2.33. The highest BCUT2D eigenvalue weighted by Crippen LogP contribution is 2.24. The quantitative estimate of drug-likeness (QED) is 0.654. The summed E-state index contributed by atoms with van der Waals surface area (Å²) in [6.07, 6.45) is 0. The lowest BCUT2D eigenvalue weighted by atomic mass is 10.2. The number of hydrogen-bond donors (Lipinski definition) is 1. The van der Waals surface area contributed by atoms with E-state index < -0.39 is 11.6 Å². The van der Waals surface area contributed by atoms with Gasteiger partial charge in [-0.05, 0) is 0 Å². The molecular weight excluding hydrogens is 166 g/mol. The zero-order chi connectivity index (χ0) is 8.72. The zero-order valence-electron chi connectivity index (χ0n) is 5.84. The predicted molar refractivity (Wildman–Crippen MR) is 38.3 cm³/mol. The van der Waals surface area contributed by atoms with Crippen molar-refractivity contribution in [2.45, 2.75) is 0 Å². The number of fused-ring (bicyclic) bond motifs is 1. The Labute approximate surface area is 65.7 Å². The van der Waals surface area contributed by atoms with Gasteiger partial charge in [-0.25, -0.2) is 8.78 Å². The average molecular weight is 170 g/mol. The Balaban J connectivity index is 2.93. The van der Waals surface area contributed by atoms with Crippen molar-refractivity contribution in [2.75, 3.05) is 5.73 Å². The maximum atomic E-state index is 12.9. The molecule has 5 heteroatoms. The van der Waals surface area contributed by atoms with Gasteiger partial charge in [-0.1, -0.05) is 5.16 Å². The summed E-state index contributed by atoms with van der Waals surface area (Å²) in [6, 6.07) is 1.79. The number of halogens is 2. The van der Waals surface area contributed by atoms with Crippen molar-refractivity contribution in [2.24, 2.45) is 0 Å². The summed E-state index contributed by atoms with van der Waals surface area (Å²) in [4.78, 5) is 0. The van der Waals surface area contributed by atoms with Crippen molar-refractivity contribution in [3.05, 3.63) is 23.8 Å². The van der Waals surface area contributed by atoms with Crippen LogP contribution in [0.25, 0.3) is 10.9 Å². The van der Waals surface area contributed by atoms with Crippen molar-refractivity contribution in [3.8, 4) is 0 Å². The number of benzene rings is 1. The van der Waals surface area contributed by atoms with Crippen molar-refractivity contribution in [1.29, 1.82) is 0 Å². The highest BCUT2D eigenvalue weighted by molar-refractivity contribution is 5.87. The molecule has 12 heavy (non-hydrogen) atoms. The third kappa shape index (κ3) is 0.827. The second-order valence-electron chi connectivity index (χ2n) is 2.33. The number of nitrogen functional groups attached to an aromatic ring is 1. The predicted octanol–water partition coefficient (Wildman–Crippen LogP) is 1.69. The molecule has 0 bridgehead atoms. The number of hydrogen-bond acceptors (Lipinski definition) is 3. The number of nitrogens with zero attached hydrogens (tertiary/aromatic N) is 1. The average Bonchev–Trinajstić information content (AvgIpc) is 2.31. The molecule has 62 valence electrons. The fourth-order valence-electron chi connectivity index (χ4n) is 1.02. The van der Waals surface area contributed by atoms with Crippen LogP contribution in [0.4, 0.5) is 14.7 Å². The minimum atomic E-state index is -0.760. The molecule has 1 heterocycles. The van der Waals surface area contributed by atoms with Gasteiger partial charge in [-0.3, -0.25) is 0 Å². The maximum absolute atomic E-state index is 12.9. The van der Waals surface area contributed by atoms with Gasteiger partial charge in [0, 0.05) is 12.1 Å². The molecule has 0 aliphatic rings. The van der Waals surface area contributed by atoms with E-state index in [1.807, 2.05) is 0 Å². The summed E-state index contributed by atoms with van der Waals surface area (Å²) < 4.78 is 29.9. The molecular formula is C7H4F2N2O. The van der Waals surface area contributed by atoms with E-state index >= 15 is 0 Å². The summed E-state index contributed by atoms with van der Waals surface area (Å²) in [7, 11) is 0.